The average molecular weight is 167 g/mol. The van der Waals surface area contributed by atoms with Crippen LogP contribution >= 0.6 is 0 Å². The van der Waals surface area contributed by atoms with E-state index in [0.717, 1.165) is 12.2 Å². The fourth-order valence-corrected chi connectivity index (χ4v) is 0.729. The Morgan fingerprint density at radius 2 is 2.08 bits per heavy atom. The fraction of sp³-hybridized carbons (Fsp3) is 0.500. The molecule has 0 atom stereocenters. The molecule has 4 heteroatoms. The largest absolute Gasteiger partial charge is 0.490 e. The Kier molecular flexibility index (Phi) is 3.47. The number of aromatic nitrogens is 2. The van der Waals surface area contributed by atoms with Crippen LogP contribution in [0.15, 0.2) is 12.4 Å². The molecule has 1 heterocycles. The molecule has 0 aliphatic rings. The molecule has 0 fully saturated rings. The van der Waals surface area contributed by atoms with Gasteiger partial charge in [-0.15, -0.1) is 0 Å². The monoisotopic (exact) mass is 167 g/mol. The quantitative estimate of drug-likeness (QED) is 0.664. The van der Waals surface area contributed by atoms with Gasteiger partial charge >= 0.3 is 0 Å². The van der Waals surface area contributed by atoms with E-state index >= 15 is 0 Å². The number of rotatable bonds is 4. The first-order chi connectivity index (χ1) is 5.83. The van der Waals surface area contributed by atoms with E-state index in [1.807, 2.05) is 6.92 Å². The molecule has 0 aromatic carbocycles. The molecule has 12 heavy (non-hydrogen) atoms. The number of nitrogens with two attached hydrogens (primary N) is 1. The van der Waals surface area contributed by atoms with Crippen LogP contribution in [0.2, 0.25) is 0 Å². The van der Waals surface area contributed by atoms with Gasteiger partial charge in [0.2, 0.25) is 0 Å². The van der Waals surface area contributed by atoms with E-state index in [0.29, 0.717) is 18.9 Å². The van der Waals surface area contributed by atoms with Gasteiger partial charge < -0.3 is 10.5 Å². The number of aryl methyl sites for hydroxylation is 1. The second kappa shape index (κ2) is 4.66. The van der Waals surface area contributed by atoms with Crippen LogP contribution in [0, 0.1) is 6.92 Å². The summed E-state index contributed by atoms with van der Waals surface area (Å²) in [6.45, 7) is 3.11. The molecule has 4 nitrogen and oxygen atoms in total. The van der Waals surface area contributed by atoms with Gasteiger partial charge in [-0.25, -0.2) is 9.97 Å². The third-order valence-electron chi connectivity index (χ3n) is 1.37. The van der Waals surface area contributed by atoms with Crippen molar-refractivity contribution in [2.45, 2.75) is 13.3 Å². The minimum Gasteiger partial charge on any atom is -0.490 e. The maximum Gasteiger partial charge on any atom is 0.155 e. The molecule has 0 aliphatic heterocycles. The van der Waals surface area contributed by atoms with Crippen molar-refractivity contribution in [1.29, 1.82) is 0 Å². The summed E-state index contributed by atoms with van der Waals surface area (Å²) in [7, 11) is 0. The molecule has 0 bridgehead atoms. The molecule has 1 rings (SSSR count). The summed E-state index contributed by atoms with van der Waals surface area (Å²) in [5.41, 5.74) is 5.31. The summed E-state index contributed by atoms with van der Waals surface area (Å²) in [5, 5.41) is 0. The van der Waals surface area contributed by atoms with Gasteiger partial charge in [-0.3, -0.25) is 0 Å². The lowest BCUT2D eigenvalue weighted by atomic mass is 10.4. The molecule has 1 aromatic rings. The van der Waals surface area contributed by atoms with Crippen molar-refractivity contribution in [2.24, 2.45) is 5.73 Å². The van der Waals surface area contributed by atoms with E-state index in [-0.39, 0.29) is 0 Å². The molecular weight excluding hydrogens is 154 g/mol. The van der Waals surface area contributed by atoms with Crippen molar-refractivity contribution < 1.29 is 4.74 Å². The van der Waals surface area contributed by atoms with Gasteiger partial charge in [-0.1, -0.05) is 0 Å². The van der Waals surface area contributed by atoms with Crippen LogP contribution in [0.1, 0.15) is 12.2 Å². The number of hydrogen-bond donors (Lipinski definition) is 1. The first-order valence-corrected chi connectivity index (χ1v) is 3.94. The zero-order valence-electron chi connectivity index (χ0n) is 7.16. The van der Waals surface area contributed by atoms with E-state index < -0.39 is 0 Å². The van der Waals surface area contributed by atoms with E-state index in [1.54, 1.807) is 12.4 Å². The first-order valence-electron chi connectivity index (χ1n) is 3.94. The van der Waals surface area contributed by atoms with Crippen molar-refractivity contribution in [3.05, 3.63) is 18.2 Å². The van der Waals surface area contributed by atoms with Gasteiger partial charge in [0.25, 0.3) is 0 Å². The lowest BCUT2D eigenvalue weighted by Crippen LogP contribution is -2.06. The third-order valence-corrected chi connectivity index (χ3v) is 1.37. The van der Waals surface area contributed by atoms with Gasteiger partial charge in [-0.05, 0) is 19.9 Å². The Bertz CT molecular complexity index is 222. The highest BCUT2D eigenvalue weighted by molar-refractivity contribution is 5.11. The highest BCUT2D eigenvalue weighted by atomic mass is 16.5. The van der Waals surface area contributed by atoms with Crippen LogP contribution < -0.4 is 10.5 Å². The maximum atomic E-state index is 5.31. The SMILES string of the molecule is Cc1ncc(OCCCN)cn1. The smallest absolute Gasteiger partial charge is 0.155 e. The lowest BCUT2D eigenvalue weighted by Gasteiger charge is -2.03. The first kappa shape index (κ1) is 8.93. The van der Waals surface area contributed by atoms with Crippen LogP contribution in [0.3, 0.4) is 0 Å². The minimum atomic E-state index is 0.628. The van der Waals surface area contributed by atoms with E-state index in [2.05, 4.69) is 9.97 Å². The molecule has 0 saturated heterocycles. The molecule has 0 saturated carbocycles. The van der Waals surface area contributed by atoms with Crippen LogP contribution in [0.25, 0.3) is 0 Å². The van der Waals surface area contributed by atoms with Gasteiger partial charge in [-0.2, -0.15) is 0 Å². The molecule has 0 aliphatic carbocycles. The molecular formula is C8H13N3O. The third kappa shape index (κ3) is 2.84. The van der Waals surface area contributed by atoms with E-state index in [9.17, 15) is 0 Å². The number of hydrogen-bond acceptors (Lipinski definition) is 4. The second-order valence-corrected chi connectivity index (χ2v) is 2.46. The van der Waals surface area contributed by atoms with Gasteiger partial charge in [0.05, 0.1) is 19.0 Å². The molecule has 0 unspecified atom stereocenters. The summed E-state index contributed by atoms with van der Waals surface area (Å²) in [6, 6.07) is 0. The standard InChI is InChI=1S/C8H13N3O/c1-7-10-5-8(6-11-7)12-4-2-3-9/h5-6H,2-4,9H2,1H3. The van der Waals surface area contributed by atoms with Gasteiger partial charge in [0.1, 0.15) is 5.82 Å². The molecule has 0 radical (unpaired) electrons. The molecule has 1 aromatic heterocycles. The minimum absolute atomic E-state index is 0.628. The van der Waals surface area contributed by atoms with Crippen LogP contribution in [-0.2, 0) is 0 Å². The molecule has 66 valence electrons. The Labute approximate surface area is 71.8 Å². The number of ether oxygens (including phenoxy) is 1. The predicted octanol–water partition coefficient (Wildman–Crippen LogP) is 0.513. The zero-order valence-corrected chi connectivity index (χ0v) is 7.16. The lowest BCUT2D eigenvalue weighted by molar-refractivity contribution is 0.310. The Balaban J connectivity index is 2.37. The summed E-state index contributed by atoms with van der Waals surface area (Å²) in [5.74, 6) is 1.45. The Morgan fingerprint density at radius 1 is 1.42 bits per heavy atom. The van der Waals surface area contributed by atoms with Gasteiger partial charge in [0.15, 0.2) is 5.75 Å². The number of nitrogens with zero attached hydrogens (tertiary/aromatic N) is 2. The van der Waals surface area contributed by atoms with Crippen LogP contribution in [0.4, 0.5) is 0 Å². The van der Waals surface area contributed by atoms with Crippen molar-refractivity contribution in [2.75, 3.05) is 13.2 Å². The van der Waals surface area contributed by atoms with E-state index in [1.165, 1.54) is 0 Å². The second-order valence-electron chi connectivity index (χ2n) is 2.46. The van der Waals surface area contributed by atoms with Crippen molar-refractivity contribution in [1.82, 2.24) is 9.97 Å². The summed E-state index contributed by atoms with van der Waals surface area (Å²) in [4.78, 5) is 7.98. The highest BCUT2D eigenvalue weighted by Crippen LogP contribution is 2.05. The summed E-state index contributed by atoms with van der Waals surface area (Å²) >= 11 is 0. The normalized spacial score (nSPS) is 9.83. The Morgan fingerprint density at radius 3 is 2.67 bits per heavy atom. The topological polar surface area (TPSA) is 61.0 Å². The molecule has 0 amide bonds. The van der Waals surface area contributed by atoms with Crippen molar-refractivity contribution >= 4 is 0 Å². The maximum absolute atomic E-state index is 5.31. The van der Waals surface area contributed by atoms with E-state index in [4.69, 9.17) is 10.5 Å². The predicted molar refractivity (Wildman–Crippen MR) is 45.9 cm³/mol. The molecule has 0 spiro atoms. The van der Waals surface area contributed by atoms with Crippen LogP contribution in [-0.4, -0.2) is 23.1 Å². The summed E-state index contributed by atoms with van der Waals surface area (Å²) in [6.07, 6.45) is 4.19. The highest BCUT2D eigenvalue weighted by Gasteiger charge is 1.93. The van der Waals surface area contributed by atoms with Crippen molar-refractivity contribution in [3.8, 4) is 5.75 Å². The summed E-state index contributed by atoms with van der Waals surface area (Å²) < 4.78 is 5.30. The average Bonchev–Trinajstić information content (AvgIpc) is 2.09. The molecule has 2 N–H and O–H groups in total. The Hall–Kier alpha value is -1.16. The van der Waals surface area contributed by atoms with Gasteiger partial charge in [0, 0.05) is 0 Å². The zero-order chi connectivity index (χ0) is 8.81. The van der Waals surface area contributed by atoms with Crippen molar-refractivity contribution in [3.63, 3.8) is 0 Å². The van der Waals surface area contributed by atoms with Crippen LogP contribution in [0.5, 0.6) is 5.75 Å². The fourth-order valence-electron chi connectivity index (χ4n) is 0.729.